The average Bonchev–Trinajstić information content (AvgIpc) is 2.07. The Morgan fingerprint density at radius 3 is 2.19 bits per heavy atom. The van der Waals surface area contributed by atoms with Crippen molar-refractivity contribution in [2.45, 2.75) is 46.3 Å². The van der Waals surface area contributed by atoms with Gasteiger partial charge in [-0.05, 0) is 43.7 Å². The molecule has 0 aliphatic heterocycles. The van der Waals surface area contributed by atoms with Crippen LogP contribution < -0.4 is 0 Å². The first-order valence-corrected chi connectivity index (χ1v) is 11.9. The van der Waals surface area contributed by atoms with E-state index in [1.54, 1.807) is 0 Å². The second-order valence-corrected chi connectivity index (χ2v) is 14.2. The van der Waals surface area contributed by atoms with E-state index in [2.05, 4.69) is 58.0 Å². The lowest BCUT2D eigenvalue weighted by Crippen LogP contribution is -2.32. The van der Waals surface area contributed by atoms with Crippen molar-refractivity contribution < 1.29 is 0 Å². The Morgan fingerprint density at radius 1 is 1.06 bits per heavy atom. The molecule has 0 radical (unpaired) electrons. The summed E-state index contributed by atoms with van der Waals surface area (Å²) in [5.41, 5.74) is 1.43. The SMILES string of the molecule is CC(C)=CCC/C=C/C[S+](C)C[Si](C)(C)C. The fourth-order valence-electron chi connectivity index (χ4n) is 1.62. The highest BCUT2D eigenvalue weighted by molar-refractivity contribution is 7.97. The van der Waals surface area contributed by atoms with E-state index < -0.39 is 8.07 Å². The molecule has 0 rings (SSSR count). The Bertz CT molecular complexity index is 232. The Kier molecular flexibility index (Phi) is 8.21. The highest BCUT2D eigenvalue weighted by atomic mass is 32.2. The number of allylic oxidation sites excluding steroid dienone is 3. The van der Waals surface area contributed by atoms with Crippen molar-refractivity contribution in [3.63, 3.8) is 0 Å². The molecule has 0 nitrogen and oxygen atoms in total. The van der Waals surface area contributed by atoms with Gasteiger partial charge >= 0.3 is 0 Å². The van der Waals surface area contributed by atoms with Crippen LogP contribution in [0, 0.1) is 0 Å². The standard InChI is InChI=1S/C14H29SSi/c1-14(2)11-9-7-8-10-12-15(3)13-16(4,5)6/h8,10-11H,7,9,12-13H2,1-6H3/q+1/b10-8+. The van der Waals surface area contributed by atoms with Crippen LogP contribution in [0.2, 0.25) is 19.6 Å². The van der Waals surface area contributed by atoms with E-state index in [4.69, 9.17) is 0 Å². The summed E-state index contributed by atoms with van der Waals surface area (Å²) in [5.74, 6) is 1.29. The third kappa shape index (κ3) is 12.1. The molecule has 0 amide bonds. The van der Waals surface area contributed by atoms with Crippen molar-refractivity contribution in [1.29, 1.82) is 0 Å². The molecule has 16 heavy (non-hydrogen) atoms. The van der Waals surface area contributed by atoms with E-state index in [-0.39, 0.29) is 0 Å². The van der Waals surface area contributed by atoms with Crippen LogP contribution in [0.1, 0.15) is 26.7 Å². The topological polar surface area (TPSA) is 0 Å². The van der Waals surface area contributed by atoms with Crippen LogP contribution >= 0.6 is 0 Å². The monoisotopic (exact) mass is 257 g/mol. The molecular weight excluding hydrogens is 228 g/mol. The predicted molar refractivity (Wildman–Crippen MR) is 84.2 cm³/mol. The van der Waals surface area contributed by atoms with Gasteiger partial charge in [0.25, 0.3) is 0 Å². The van der Waals surface area contributed by atoms with Gasteiger partial charge in [0, 0.05) is 0 Å². The normalized spacial score (nSPS) is 14.1. The molecule has 0 fully saturated rings. The lowest BCUT2D eigenvalue weighted by Gasteiger charge is -2.13. The Labute approximate surface area is 107 Å². The summed E-state index contributed by atoms with van der Waals surface area (Å²) in [6, 6.07) is 0. The molecule has 0 aromatic rings. The molecule has 1 atom stereocenters. The van der Waals surface area contributed by atoms with Gasteiger partial charge in [0.1, 0.15) is 13.8 Å². The third-order valence-corrected chi connectivity index (χ3v) is 8.31. The zero-order chi connectivity index (χ0) is 12.6. The van der Waals surface area contributed by atoms with Crippen LogP contribution in [0.15, 0.2) is 23.8 Å². The smallest absolute Gasteiger partial charge is 0.0856 e. The number of rotatable bonds is 7. The summed E-state index contributed by atoms with van der Waals surface area (Å²) >= 11 is 0. The fraction of sp³-hybridized carbons (Fsp3) is 0.714. The van der Waals surface area contributed by atoms with Crippen LogP contribution in [0.25, 0.3) is 0 Å². The van der Waals surface area contributed by atoms with Gasteiger partial charge in [-0.25, -0.2) is 0 Å². The first-order chi connectivity index (χ1) is 7.31. The van der Waals surface area contributed by atoms with Crippen molar-refractivity contribution in [1.82, 2.24) is 0 Å². The first kappa shape index (κ1) is 16.0. The van der Waals surface area contributed by atoms with Gasteiger partial charge in [-0.1, -0.05) is 37.4 Å². The van der Waals surface area contributed by atoms with E-state index in [0.717, 1.165) is 0 Å². The Morgan fingerprint density at radius 2 is 1.69 bits per heavy atom. The zero-order valence-corrected chi connectivity index (χ0v) is 13.8. The quantitative estimate of drug-likeness (QED) is 0.274. The van der Waals surface area contributed by atoms with E-state index in [0.29, 0.717) is 10.9 Å². The van der Waals surface area contributed by atoms with Crippen LogP contribution in [0.4, 0.5) is 0 Å². The highest BCUT2D eigenvalue weighted by Crippen LogP contribution is 2.07. The van der Waals surface area contributed by atoms with E-state index >= 15 is 0 Å². The number of hydrogen-bond acceptors (Lipinski definition) is 0. The van der Waals surface area contributed by atoms with Gasteiger partial charge < -0.3 is 0 Å². The van der Waals surface area contributed by atoms with Crippen LogP contribution in [0.5, 0.6) is 0 Å². The van der Waals surface area contributed by atoms with Gasteiger partial charge in [0.05, 0.1) is 11.6 Å². The molecule has 0 heterocycles. The summed E-state index contributed by atoms with van der Waals surface area (Å²) in [4.78, 5) is 0. The average molecular weight is 258 g/mol. The van der Waals surface area contributed by atoms with Gasteiger partial charge in [0.2, 0.25) is 0 Å². The molecular formula is C14H29SSi+. The van der Waals surface area contributed by atoms with Gasteiger partial charge in [-0.15, -0.1) is 0 Å². The van der Waals surface area contributed by atoms with E-state index in [1.807, 2.05) is 0 Å². The molecule has 0 bridgehead atoms. The third-order valence-electron chi connectivity index (χ3n) is 2.11. The molecule has 0 aromatic carbocycles. The van der Waals surface area contributed by atoms with Gasteiger partial charge in [-0.2, -0.15) is 0 Å². The number of unbranched alkanes of at least 4 members (excludes halogenated alkanes) is 1. The maximum absolute atomic E-state index is 2.47. The van der Waals surface area contributed by atoms with Crippen LogP contribution in [0.3, 0.4) is 0 Å². The van der Waals surface area contributed by atoms with Crippen molar-refractivity contribution >= 4 is 19.0 Å². The predicted octanol–water partition coefficient (Wildman–Crippen LogP) is 4.41. The van der Waals surface area contributed by atoms with Gasteiger partial charge in [-0.3, -0.25) is 0 Å². The fourth-order valence-corrected chi connectivity index (χ4v) is 8.47. The van der Waals surface area contributed by atoms with Crippen molar-refractivity contribution in [2.75, 3.05) is 17.4 Å². The first-order valence-electron chi connectivity index (χ1n) is 6.19. The minimum Gasteiger partial charge on any atom is -0.0856 e. The van der Waals surface area contributed by atoms with Gasteiger partial charge in [0.15, 0.2) is 0 Å². The van der Waals surface area contributed by atoms with Crippen molar-refractivity contribution in [3.8, 4) is 0 Å². The molecule has 0 saturated heterocycles. The molecule has 0 N–H and O–H groups in total. The minimum atomic E-state index is -0.842. The summed E-state index contributed by atoms with van der Waals surface area (Å²) in [7, 11) is -0.236. The maximum atomic E-state index is 2.47. The Balaban J connectivity index is 3.64. The summed E-state index contributed by atoms with van der Waals surface area (Å²) < 4.78 is 0. The van der Waals surface area contributed by atoms with Crippen LogP contribution in [-0.4, -0.2) is 25.5 Å². The van der Waals surface area contributed by atoms with E-state index in [1.165, 1.54) is 29.5 Å². The minimum absolute atomic E-state index is 0.606. The molecule has 2 heteroatoms. The molecule has 0 aliphatic rings. The largest absolute Gasteiger partial charge is 0.125 e. The second-order valence-electron chi connectivity index (χ2n) is 5.98. The lowest BCUT2D eigenvalue weighted by atomic mass is 10.2. The van der Waals surface area contributed by atoms with Crippen molar-refractivity contribution in [2.24, 2.45) is 0 Å². The second kappa shape index (κ2) is 8.18. The molecule has 0 spiro atoms. The zero-order valence-electron chi connectivity index (χ0n) is 12.0. The molecule has 0 aromatic heterocycles. The molecule has 1 unspecified atom stereocenters. The number of hydrogen-bond donors (Lipinski definition) is 0. The summed E-state index contributed by atoms with van der Waals surface area (Å²) in [5, 5.41) is 1.48. The lowest BCUT2D eigenvalue weighted by molar-refractivity contribution is 1.03. The van der Waals surface area contributed by atoms with Crippen molar-refractivity contribution in [3.05, 3.63) is 23.8 Å². The highest BCUT2D eigenvalue weighted by Gasteiger charge is 2.23. The van der Waals surface area contributed by atoms with Crippen LogP contribution in [-0.2, 0) is 10.9 Å². The molecule has 94 valence electrons. The Hall–Kier alpha value is 0.0469. The molecule has 0 saturated carbocycles. The summed E-state index contributed by atoms with van der Waals surface area (Å²) in [6.07, 6.45) is 11.9. The maximum Gasteiger partial charge on any atom is 0.125 e. The summed E-state index contributed by atoms with van der Waals surface area (Å²) in [6.45, 7) is 11.7. The molecule has 0 aliphatic carbocycles. The van der Waals surface area contributed by atoms with E-state index in [9.17, 15) is 0 Å².